The molecule has 0 unspecified atom stereocenters. The van der Waals surface area contributed by atoms with E-state index in [0.29, 0.717) is 5.69 Å². The summed E-state index contributed by atoms with van der Waals surface area (Å²) in [6, 6.07) is 29.8. The third-order valence-electron chi connectivity index (χ3n) is 7.33. The number of carbonyl (C=O) groups is 2. The van der Waals surface area contributed by atoms with Crippen LogP contribution in [0, 0.1) is 20.8 Å². The number of carbonyl (C=O) groups excluding carboxylic acids is 2. The van der Waals surface area contributed by atoms with Gasteiger partial charge in [0.1, 0.15) is 12.6 Å². The van der Waals surface area contributed by atoms with Crippen molar-refractivity contribution in [3.05, 3.63) is 131 Å². The second-order valence-electron chi connectivity index (χ2n) is 10.4. The molecule has 42 heavy (non-hydrogen) atoms. The molecule has 4 rings (SSSR count). The summed E-state index contributed by atoms with van der Waals surface area (Å²) in [7, 11) is -2.58. The summed E-state index contributed by atoms with van der Waals surface area (Å²) in [5.74, 6) is -0.817. The van der Waals surface area contributed by atoms with Gasteiger partial charge in [-0.15, -0.1) is 0 Å². The standard InChI is InChI=1S/C34H37N3O4S/c1-25-14-18-30(19-15-25)37(42(40,41)31-20-16-26(2)17-21-31)24-33(38)36(23-29-13-9-8-10-27(29)3)32(34(39)35-4)22-28-11-6-5-7-12-28/h5-21,32H,22-24H2,1-4H3,(H,35,39)/t32-/m0/s1. The summed E-state index contributed by atoms with van der Waals surface area (Å²) in [6.07, 6.45) is 0.271. The second kappa shape index (κ2) is 13.5. The predicted molar refractivity (Wildman–Crippen MR) is 167 cm³/mol. The SMILES string of the molecule is CNC(=O)[C@H](Cc1ccccc1)N(Cc1ccccc1C)C(=O)CN(c1ccc(C)cc1)S(=O)(=O)c1ccc(C)cc1. The van der Waals surface area contributed by atoms with Crippen molar-refractivity contribution < 1.29 is 18.0 Å². The number of sulfonamides is 1. The Labute approximate surface area is 248 Å². The number of rotatable bonds is 11. The third-order valence-corrected chi connectivity index (χ3v) is 9.12. The summed E-state index contributed by atoms with van der Waals surface area (Å²) in [5, 5.41) is 2.71. The molecule has 218 valence electrons. The number of hydrogen-bond donors (Lipinski definition) is 1. The van der Waals surface area contributed by atoms with Crippen molar-refractivity contribution in [3.63, 3.8) is 0 Å². The van der Waals surface area contributed by atoms with E-state index in [0.717, 1.165) is 32.1 Å². The number of amides is 2. The lowest BCUT2D eigenvalue weighted by molar-refractivity contribution is -0.139. The van der Waals surface area contributed by atoms with Crippen molar-refractivity contribution in [2.45, 2.75) is 44.7 Å². The highest BCUT2D eigenvalue weighted by Gasteiger charge is 2.34. The zero-order chi connectivity index (χ0) is 30.3. The molecule has 0 radical (unpaired) electrons. The minimum absolute atomic E-state index is 0.0825. The zero-order valence-corrected chi connectivity index (χ0v) is 25.3. The van der Waals surface area contributed by atoms with Crippen molar-refractivity contribution in [2.75, 3.05) is 17.9 Å². The number of benzene rings is 4. The first kappa shape index (κ1) is 30.5. The first-order chi connectivity index (χ1) is 20.1. The molecule has 4 aromatic carbocycles. The summed E-state index contributed by atoms with van der Waals surface area (Å²) in [6.45, 7) is 5.41. The van der Waals surface area contributed by atoms with Gasteiger partial charge in [0.05, 0.1) is 10.6 Å². The smallest absolute Gasteiger partial charge is 0.264 e. The monoisotopic (exact) mass is 583 g/mol. The molecule has 0 fully saturated rings. The van der Waals surface area contributed by atoms with Gasteiger partial charge in [0, 0.05) is 20.0 Å². The fraction of sp³-hybridized carbons (Fsp3) is 0.235. The molecular formula is C34H37N3O4S. The predicted octanol–water partition coefficient (Wildman–Crippen LogP) is 5.19. The molecule has 1 N–H and O–H groups in total. The van der Waals surface area contributed by atoms with Crippen LogP contribution in [0.4, 0.5) is 5.69 Å². The number of aryl methyl sites for hydroxylation is 3. The van der Waals surface area contributed by atoms with Crippen LogP contribution in [0.3, 0.4) is 0 Å². The normalized spacial score (nSPS) is 11.9. The molecule has 4 aromatic rings. The van der Waals surface area contributed by atoms with E-state index in [2.05, 4.69) is 5.32 Å². The van der Waals surface area contributed by atoms with Crippen LogP contribution in [-0.2, 0) is 32.6 Å². The summed E-state index contributed by atoms with van der Waals surface area (Å²) in [4.78, 5) is 29.3. The summed E-state index contributed by atoms with van der Waals surface area (Å²) < 4.78 is 29.2. The lowest BCUT2D eigenvalue weighted by atomic mass is 10.0. The Kier molecular flexibility index (Phi) is 9.80. The van der Waals surface area contributed by atoms with Crippen molar-refractivity contribution in [2.24, 2.45) is 0 Å². The zero-order valence-electron chi connectivity index (χ0n) is 24.4. The molecule has 0 aliphatic carbocycles. The van der Waals surface area contributed by atoms with E-state index in [1.54, 1.807) is 36.4 Å². The van der Waals surface area contributed by atoms with Gasteiger partial charge in [0.2, 0.25) is 11.8 Å². The molecule has 1 atom stereocenters. The Balaban J connectivity index is 1.79. The number of likely N-dealkylation sites (N-methyl/N-ethyl adjacent to an activating group) is 1. The minimum atomic E-state index is -4.12. The van der Waals surface area contributed by atoms with Crippen LogP contribution in [0.1, 0.15) is 27.8 Å². The molecule has 7 nitrogen and oxygen atoms in total. The number of hydrogen-bond acceptors (Lipinski definition) is 4. The number of nitrogens with one attached hydrogen (secondary N) is 1. The first-order valence-electron chi connectivity index (χ1n) is 13.9. The van der Waals surface area contributed by atoms with E-state index in [1.807, 2.05) is 87.5 Å². The van der Waals surface area contributed by atoms with Crippen LogP contribution in [0.5, 0.6) is 0 Å². The van der Waals surface area contributed by atoms with Crippen molar-refractivity contribution in [1.29, 1.82) is 0 Å². The van der Waals surface area contributed by atoms with E-state index < -0.39 is 28.5 Å². The van der Waals surface area contributed by atoms with Crippen molar-refractivity contribution in [1.82, 2.24) is 10.2 Å². The van der Waals surface area contributed by atoms with Gasteiger partial charge in [-0.2, -0.15) is 0 Å². The van der Waals surface area contributed by atoms with Gasteiger partial charge in [-0.3, -0.25) is 13.9 Å². The van der Waals surface area contributed by atoms with Crippen LogP contribution in [0.25, 0.3) is 0 Å². The largest absolute Gasteiger partial charge is 0.357 e. The summed E-state index contributed by atoms with van der Waals surface area (Å²) >= 11 is 0. The molecule has 0 bridgehead atoms. The molecule has 0 aromatic heterocycles. The van der Waals surface area contributed by atoms with Gasteiger partial charge in [-0.05, 0) is 61.7 Å². The van der Waals surface area contributed by atoms with E-state index in [4.69, 9.17) is 0 Å². The Hall–Kier alpha value is -4.43. The maximum atomic E-state index is 14.3. The highest BCUT2D eigenvalue weighted by atomic mass is 32.2. The van der Waals surface area contributed by atoms with E-state index in [1.165, 1.54) is 11.9 Å². The molecular weight excluding hydrogens is 546 g/mol. The van der Waals surface area contributed by atoms with Gasteiger partial charge >= 0.3 is 0 Å². The second-order valence-corrected chi connectivity index (χ2v) is 12.3. The first-order valence-corrected chi connectivity index (χ1v) is 15.3. The van der Waals surface area contributed by atoms with Gasteiger partial charge in [0.25, 0.3) is 10.0 Å². The van der Waals surface area contributed by atoms with Crippen molar-refractivity contribution >= 4 is 27.5 Å². The van der Waals surface area contributed by atoms with E-state index in [9.17, 15) is 18.0 Å². The fourth-order valence-corrected chi connectivity index (χ4v) is 6.18. The highest BCUT2D eigenvalue weighted by Crippen LogP contribution is 2.26. The van der Waals surface area contributed by atoms with Crippen LogP contribution < -0.4 is 9.62 Å². The Morgan fingerprint density at radius 1 is 0.762 bits per heavy atom. The average Bonchev–Trinajstić information content (AvgIpc) is 2.99. The van der Waals surface area contributed by atoms with Gasteiger partial charge in [-0.25, -0.2) is 8.42 Å². The molecule has 0 spiro atoms. The van der Waals surface area contributed by atoms with Gasteiger partial charge < -0.3 is 10.2 Å². The van der Waals surface area contributed by atoms with Gasteiger partial charge in [0.15, 0.2) is 0 Å². The summed E-state index contributed by atoms with van der Waals surface area (Å²) in [5.41, 5.74) is 4.97. The maximum absolute atomic E-state index is 14.3. The van der Waals surface area contributed by atoms with Crippen molar-refractivity contribution in [3.8, 4) is 0 Å². The molecule has 0 saturated heterocycles. The molecule has 2 amide bonds. The Bertz CT molecular complexity index is 1620. The third kappa shape index (κ3) is 7.25. The molecule has 0 aliphatic rings. The number of nitrogens with zero attached hydrogens (tertiary/aromatic N) is 2. The number of anilines is 1. The lowest BCUT2D eigenvalue weighted by Gasteiger charge is -2.34. The van der Waals surface area contributed by atoms with Crippen LogP contribution >= 0.6 is 0 Å². The minimum Gasteiger partial charge on any atom is -0.357 e. The molecule has 0 aliphatic heterocycles. The van der Waals surface area contributed by atoms with Gasteiger partial charge in [-0.1, -0.05) is 90.0 Å². The fourth-order valence-electron chi connectivity index (χ4n) is 4.77. The highest BCUT2D eigenvalue weighted by molar-refractivity contribution is 7.92. The molecule has 0 saturated carbocycles. The Morgan fingerprint density at radius 3 is 1.93 bits per heavy atom. The van der Waals surface area contributed by atoms with Crippen LogP contribution in [-0.4, -0.2) is 44.8 Å². The van der Waals surface area contributed by atoms with E-state index >= 15 is 0 Å². The molecule has 8 heteroatoms. The maximum Gasteiger partial charge on any atom is 0.264 e. The molecule has 0 heterocycles. The Morgan fingerprint density at radius 2 is 1.33 bits per heavy atom. The van der Waals surface area contributed by atoms with Crippen LogP contribution in [0.2, 0.25) is 0 Å². The topological polar surface area (TPSA) is 86.8 Å². The lowest BCUT2D eigenvalue weighted by Crippen LogP contribution is -2.53. The quantitative estimate of drug-likeness (QED) is 0.263. The van der Waals surface area contributed by atoms with Crippen LogP contribution in [0.15, 0.2) is 108 Å². The average molecular weight is 584 g/mol. The van der Waals surface area contributed by atoms with E-state index in [-0.39, 0.29) is 23.8 Å².